The van der Waals surface area contributed by atoms with Gasteiger partial charge in [0.1, 0.15) is 5.92 Å². The molecule has 1 aromatic rings. The van der Waals surface area contributed by atoms with Gasteiger partial charge in [0, 0.05) is 16.8 Å². The van der Waals surface area contributed by atoms with Gasteiger partial charge in [0.05, 0.1) is 28.6 Å². The molecule has 44 heavy (non-hydrogen) atoms. The summed E-state index contributed by atoms with van der Waals surface area (Å²) in [6, 6.07) is -0.873. The van der Waals surface area contributed by atoms with Gasteiger partial charge in [-0.25, -0.2) is 14.7 Å². The van der Waals surface area contributed by atoms with E-state index in [0.29, 0.717) is 17.7 Å². The van der Waals surface area contributed by atoms with Gasteiger partial charge in [0.15, 0.2) is 0 Å². The highest BCUT2D eigenvalue weighted by atomic mass is 32.1. The quantitative estimate of drug-likeness (QED) is 0.0614. The zero-order valence-corrected chi connectivity index (χ0v) is 26.6. The fourth-order valence-corrected chi connectivity index (χ4v) is 6.10. The predicted molar refractivity (Wildman–Crippen MR) is 170 cm³/mol. The van der Waals surface area contributed by atoms with Crippen LogP contribution in [0.4, 0.5) is 16.2 Å². The molecule has 0 saturated heterocycles. The molecule has 2 N–H and O–H groups in total. The molecule has 244 valence electrons. The van der Waals surface area contributed by atoms with Gasteiger partial charge in [0.2, 0.25) is 10.9 Å². The Morgan fingerprint density at radius 2 is 1.41 bits per heavy atom. The lowest BCUT2D eigenvalue weighted by atomic mass is 9.82. The van der Waals surface area contributed by atoms with Crippen molar-refractivity contribution in [2.24, 2.45) is 10.9 Å². The number of aliphatic carboxylic acids is 1. The van der Waals surface area contributed by atoms with Crippen LogP contribution in [0.15, 0.2) is 11.1 Å². The molecule has 1 heterocycles. The van der Waals surface area contributed by atoms with Gasteiger partial charge in [-0.2, -0.15) is 0 Å². The zero-order chi connectivity index (χ0) is 32.8. The number of aliphatic imine (C=N–C) groups is 1. The molecule has 0 aliphatic carbocycles. The number of carboxylic acid groups (broad SMARTS) is 2. The lowest BCUT2D eigenvalue weighted by molar-refractivity contribution is -0.395. The first kappa shape index (κ1) is 36.5. The third-order valence-corrected chi connectivity index (χ3v) is 8.18. The highest BCUT2D eigenvalue weighted by Gasteiger charge is 2.48. The summed E-state index contributed by atoms with van der Waals surface area (Å²) in [6.07, 6.45) is 12.5. The van der Waals surface area contributed by atoms with Crippen molar-refractivity contribution < 1.29 is 34.4 Å². The van der Waals surface area contributed by atoms with E-state index < -0.39 is 56.1 Å². The van der Waals surface area contributed by atoms with E-state index in [1.807, 2.05) is 0 Å². The third kappa shape index (κ3) is 9.66. The normalized spacial score (nSPS) is 16.5. The van der Waals surface area contributed by atoms with Crippen LogP contribution in [0.25, 0.3) is 0 Å². The van der Waals surface area contributed by atoms with Crippen LogP contribution in [0.2, 0.25) is 0 Å². The number of ether oxygens (including phenoxy) is 1. The summed E-state index contributed by atoms with van der Waals surface area (Å²) < 4.78 is 5.64. The summed E-state index contributed by atoms with van der Waals surface area (Å²) in [7, 11) is 0. The van der Waals surface area contributed by atoms with E-state index >= 15 is 0 Å². The topological polar surface area (TPSA) is 186 Å². The molecule has 0 radical (unpaired) electrons. The van der Waals surface area contributed by atoms with E-state index in [2.05, 4.69) is 11.9 Å². The maximum atomic E-state index is 12.5. The molecule has 1 aliphatic heterocycles. The fourth-order valence-electron chi connectivity index (χ4n) is 5.77. The highest BCUT2D eigenvalue weighted by Crippen LogP contribution is 2.48. The van der Waals surface area contributed by atoms with Crippen molar-refractivity contribution in [1.82, 2.24) is 4.90 Å². The Balaban J connectivity index is 2.39. The Labute approximate surface area is 263 Å². The molecule has 0 saturated carbocycles. The van der Waals surface area contributed by atoms with Gasteiger partial charge in [0.25, 0.3) is 5.69 Å². The number of thiocarbonyl (C=S) groups is 1. The van der Waals surface area contributed by atoms with Gasteiger partial charge in [-0.1, -0.05) is 84.0 Å². The largest absolute Gasteiger partial charge is 0.487 e. The maximum Gasteiger partial charge on any atom is 0.414 e. The monoisotopic (exact) mass is 636 g/mol. The molecule has 1 aliphatic rings. The van der Waals surface area contributed by atoms with Gasteiger partial charge in [-0.05, 0) is 38.9 Å². The van der Waals surface area contributed by atoms with Crippen molar-refractivity contribution >= 4 is 46.5 Å². The van der Waals surface area contributed by atoms with Crippen molar-refractivity contribution in [2.45, 2.75) is 117 Å². The van der Waals surface area contributed by atoms with Gasteiger partial charge in [-0.15, -0.1) is 0 Å². The number of nitro groups is 2. The predicted octanol–water partition coefficient (Wildman–Crippen LogP) is 8.02. The smallest absolute Gasteiger partial charge is 0.414 e. The second kappa shape index (κ2) is 18.2. The molecule has 0 spiro atoms. The molecule has 0 aromatic heterocycles. The van der Waals surface area contributed by atoms with E-state index in [4.69, 9.17) is 17.0 Å². The molecule has 0 bridgehead atoms. The highest BCUT2D eigenvalue weighted by molar-refractivity contribution is 7.80. The Hall–Kier alpha value is -3.68. The van der Waals surface area contributed by atoms with Crippen molar-refractivity contribution in [3.05, 3.63) is 37.4 Å². The zero-order valence-electron chi connectivity index (χ0n) is 25.8. The van der Waals surface area contributed by atoms with Crippen LogP contribution in [0, 0.1) is 26.1 Å². The molecule has 2 atom stereocenters. The summed E-state index contributed by atoms with van der Waals surface area (Å²) in [6.45, 7) is 5.01. The standard InChI is InChI=1S/C30H44N4O9S/c1-4-6-7-8-9-10-11-12-13-14-15-16-17-18-21-22(33(39)40)19-23(34(41)42)27(43-5-2)25(21)26-24(28(35)36)20(3)31-29(44)32(26)30(37)38/h19,24,26H,4-18H2,1-3H3,(H,35,36)(H,37,38). The minimum atomic E-state index is -1.67. The van der Waals surface area contributed by atoms with Gasteiger partial charge < -0.3 is 14.9 Å². The number of hydrogen-bond donors (Lipinski definition) is 2. The van der Waals surface area contributed by atoms with E-state index in [1.165, 1.54) is 51.9 Å². The fraction of sp³-hybridized carbons (Fsp3) is 0.667. The number of amides is 1. The van der Waals surface area contributed by atoms with E-state index in [9.17, 15) is 40.0 Å². The van der Waals surface area contributed by atoms with Crippen molar-refractivity contribution in [3.63, 3.8) is 0 Å². The molecule has 14 heteroatoms. The Bertz CT molecular complexity index is 1240. The van der Waals surface area contributed by atoms with Crippen LogP contribution in [0.3, 0.4) is 0 Å². The molecule has 1 amide bonds. The summed E-state index contributed by atoms with van der Waals surface area (Å²) in [5.74, 6) is -3.50. The van der Waals surface area contributed by atoms with Crippen LogP contribution in [0.5, 0.6) is 5.75 Å². The molecule has 1 aromatic carbocycles. The first-order valence-corrected chi connectivity index (χ1v) is 15.8. The number of nitro benzene ring substituents is 2. The Morgan fingerprint density at radius 1 is 0.909 bits per heavy atom. The average Bonchev–Trinajstić information content (AvgIpc) is 2.94. The molecule has 13 nitrogen and oxygen atoms in total. The second-order valence-corrected chi connectivity index (χ2v) is 11.4. The number of unbranched alkanes of at least 4 members (excludes halogenated alkanes) is 12. The van der Waals surface area contributed by atoms with E-state index in [-0.39, 0.29) is 29.9 Å². The summed E-state index contributed by atoms with van der Waals surface area (Å²) >= 11 is 5.17. The first-order valence-electron chi connectivity index (χ1n) is 15.4. The molecule has 0 fully saturated rings. The average molecular weight is 637 g/mol. The van der Waals surface area contributed by atoms with Crippen LogP contribution in [0.1, 0.15) is 121 Å². The molecular formula is C30H44N4O9S. The van der Waals surface area contributed by atoms with Crippen LogP contribution in [-0.4, -0.2) is 54.5 Å². The first-order chi connectivity index (χ1) is 21.0. The lowest BCUT2D eigenvalue weighted by Crippen LogP contribution is -2.49. The van der Waals surface area contributed by atoms with Gasteiger partial charge in [-0.3, -0.25) is 25.0 Å². The Kier molecular flexibility index (Phi) is 15.1. The molecule has 2 rings (SSSR count). The number of carboxylic acids is 1. The number of rotatable bonds is 20. The van der Waals surface area contributed by atoms with E-state index in [0.717, 1.165) is 31.7 Å². The minimum absolute atomic E-state index is 0.00729. The molecular weight excluding hydrogens is 592 g/mol. The third-order valence-electron chi connectivity index (χ3n) is 7.89. The number of hydrogen-bond acceptors (Lipinski definition) is 8. The van der Waals surface area contributed by atoms with Crippen molar-refractivity contribution in [3.8, 4) is 5.75 Å². The number of benzene rings is 1. The Morgan fingerprint density at radius 3 is 1.84 bits per heavy atom. The second-order valence-electron chi connectivity index (χ2n) is 11.0. The lowest BCUT2D eigenvalue weighted by Gasteiger charge is -2.37. The number of nitrogens with zero attached hydrogens (tertiary/aromatic N) is 4. The van der Waals surface area contributed by atoms with Crippen molar-refractivity contribution in [1.29, 1.82) is 0 Å². The summed E-state index contributed by atoms with van der Waals surface area (Å²) in [5, 5.41) is 44.0. The maximum absolute atomic E-state index is 12.5. The summed E-state index contributed by atoms with van der Waals surface area (Å²) in [5.41, 5.74) is -1.64. The minimum Gasteiger partial charge on any atom is -0.487 e. The van der Waals surface area contributed by atoms with Crippen molar-refractivity contribution in [2.75, 3.05) is 6.61 Å². The summed E-state index contributed by atoms with van der Waals surface area (Å²) in [4.78, 5) is 52.0. The van der Waals surface area contributed by atoms with Gasteiger partial charge >= 0.3 is 17.7 Å². The molecule has 2 unspecified atom stereocenters. The SMILES string of the molecule is CCCCCCCCCCCCCCCc1c([N+](=O)[O-])cc([N+](=O)[O-])c(OCC)c1C1C(C(=O)O)C(C)=NC(=S)N1C(=O)O. The van der Waals surface area contributed by atoms with E-state index in [1.54, 1.807) is 6.92 Å². The van der Waals surface area contributed by atoms with Crippen LogP contribution >= 0.6 is 12.2 Å². The van der Waals surface area contributed by atoms with Crippen LogP contribution < -0.4 is 4.74 Å². The number of carbonyl (C=O) groups is 2. The van der Waals surface area contributed by atoms with Crippen LogP contribution in [-0.2, 0) is 11.2 Å².